The molecule has 18 heavy (non-hydrogen) atoms. The highest BCUT2D eigenvalue weighted by Gasteiger charge is 2.06. The highest BCUT2D eigenvalue weighted by Crippen LogP contribution is 2.25. The third-order valence-electron chi connectivity index (χ3n) is 2.15. The summed E-state index contributed by atoms with van der Waals surface area (Å²) >= 11 is 3.25. The number of halogens is 2. The lowest BCUT2D eigenvalue weighted by Crippen LogP contribution is -2.07. The first-order valence-electron chi connectivity index (χ1n) is 5.27. The number of rotatable bonds is 4. The number of aromatic nitrogens is 2. The Morgan fingerprint density at radius 2 is 2.17 bits per heavy atom. The van der Waals surface area contributed by atoms with Gasteiger partial charge in [0.25, 0.3) is 0 Å². The van der Waals surface area contributed by atoms with Crippen LogP contribution in [0.3, 0.4) is 0 Å². The second-order valence-corrected chi connectivity index (χ2v) is 4.47. The maximum atomic E-state index is 13.5. The van der Waals surface area contributed by atoms with Gasteiger partial charge in [0, 0.05) is 11.0 Å². The molecule has 0 atom stereocenters. The van der Waals surface area contributed by atoms with E-state index in [0.717, 1.165) is 10.2 Å². The van der Waals surface area contributed by atoms with Gasteiger partial charge in [-0.15, -0.1) is 0 Å². The topological polar surface area (TPSA) is 47.0 Å². The smallest absolute Gasteiger partial charge is 0.237 e. The van der Waals surface area contributed by atoms with Gasteiger partial charge < -0.3 is 10.1 Å². The van der Waals surface area contributed by atoms with Crippen molar-refractivity contribution in [3.05, 3.63) is 46.6 Å². The van der Waals surface area contributed by atoms with Crippen molar-refractivity contribution < 1.29 is 9.13 Å². The van der Waals surface area contributed by atoms with E-state index >= 15 is 0 Å². The molecule has 6 heteroatoms. The van der Waals surface area contributed by atoms with Crippen molar-refractivity contribution in [2.24, 2.45) is 0 Å². The minimum Gasteiger partial charge on any atom is -0.434 e. The minimum absolute atomic E-state index is 0.111. The average molecular weight is 312 g/mol. The monoisotopic (exact) mass is 311 g/mol. The van der Waals surface area contributed by atoms with E-state index in [1.165, 1.54) is 12.3 Å². The molecule has 0 bridgehead atoms. The zero-order valence-electron chi connectivity index (χ0n) is 9.65. The van der Waals surface area contributed by atoms with E-state index in [-0.39, 0.29) is 11.6 Å². The largest absolute Gasteiger partial charge is 0.434 e. The molecule has 0 spiro atoms. The van der Waals surface area contributed by atoms with Crippen LogP contribution in [0.4, 0.5) is 4.39 Å². The van der Waals surface area contributed by atoms with E-state index in [1.54, 1.807) is 18.3 Å². The molecule has 0 amide bonds. The maximum Gasteiger partial charge on any atom is 0.237 e. The van der Waals surface area contributed by atoms with Gasteiger partial charge in [-0.2, -0.15) is 0 Å². The molecule has 4 nitrogen and oxygen atoms in total. The van der Waals surface area contributed by atoms with Gasteiger partial charge in [0.05, 0.1) is 18.1 Å². The first kappa shape index (κ1) is 12.9. The third-order valence-corrected chi connectivity index (χ3v) is 2.64. The number of nitrogens with one attached hydrogen (secondary N) is 1. The molecule has 94 valence electrons. The lowest BCUT2D eigenvalue weighted by molar-refractivity contribution is 0.424. The van der Waals surface area contributed by atoms with Gasteiger partial charge in [-0.25, -0.2) is 9.37 Å². The van der Waals surface area contributed by atoms with Crippen molar-refractivity contribution in [1.29, 1.82) is 0 Å². The number of nitrogens with zero attached hydrogens (tertiary/aromatic N) is 2. The average Bonchev–Trinajstić information content (AvgIpc) is 2.37. The number of hydrogen-bond donors (Lipinski definition) is 1. The zero-order valence-corrected chi connectivity index (χ0v) is 11.2. The number of benzene rings is 1. The Bertz CT molecular complexity index is 533. The molecule has 0 radical (unpaired) electrons. The second kappa shape index (κ2) is 5.88. The van der Waals surface area contributed by atoms with Crippen LogP contribution in [-0.2, 0) is 6.54 Å². The predicted octanol–water partition coefficient (Wildman–Crippen LogP) is 2.89. The minimum atomic E-state index is -0.445. The van der Waals surface area contributed by atoms with Crippen molar-refractivity contribution in [2.75, 3.05) is 7.05 Å². The Balaban J connectivity index is 2.15. The lowest BCUT2D eigenvalue weighted by Gasteiger charge is -2.06. The summed E-state index contributed by atoms with van der Waals surface area (Å²) in [7, 11) is 1.82. The summed E-state index contributed by atoms with van der Waals surface area (Å²) in [6, 6.07) is 4.46. The van der Waals surface area contributed by atoms with E-state index in [2.05, 4.69) is 31.2 Å². The van der Waals surface area contributed by atoms with Crippen LogP contribution in [0.2, 0.25) is 0 Å². The van der Waals surface area contributed by atoms with Gasteiger partial charge in [-0.3, -0.25) is 4.98 Å². The Hall–Kier alpha value is -1.53. The van der Waals surface area contributed by atoms with Crippen LogP contribution < -0.4 is 10.1 Å². The number of hydrogen-bond acceptors (Lipinski definition) is 4. The normalized spacial score (nSPS) is 10.4. The second-order valence-electron chi connectivity index (χ2n) is 3.55. The van der Waals surface area contributed by atoms with E-state index in [4.69, 9.17) is 4.74 Å². The van der Waals surface area contributed by atoms with Crippen LogP contribution in [0.15, 0.2) is 35.1 Å². The van der Waals surface area contributed by atoms with Crippen molar-refractivity contribution in [3.63, 3.8) is 0 Å². The quantitative estimate of drug-likeness (QED) is 0.943. The van der Waals surface area contributed by atoms with Crippen LogP contribution in [0.25, 0.3) is 0 Å². The van der Waals surface area contributed by atoms with Gasteiger partial charge in [0.2, 0.25) is 5.88 Å². The Morgan fingerprint density at radius 1 is 1.33 bits per heavy atom. The van der Waals surface area contributed by atoms with Gasteiger partial charge in [-0.1, -0.05) is 15.9 Å². The zero-order chi connectivity index (χ0) is 13.0. The molecule has 1 N–H and O–H groups in total. The molecule has 1 aromatic carbocycles. The molecule has 0 aliphatic carbocycles. The van der Waals surface area contributed by atoms with Gasteiger partial charge in [-0.05, 0) is 25.2 Å². The van der Waals surface area contributed by atoms with E-state index in [1.807, 2.05) is 7.05 Å². The standard InChI is InChI=1S/C12H11BrFN3O/c1-15-5-9-6-17-12(7-16-9)18-11-4-8(13)2-3-10(11)14/h2-4,6-7,15H,5H2,1H3. The van der Waals surface area contributed by atoms with Crippen LogP contribution in [0.5, 0.6) is 11.6 Å². The number of ether oxygens (including phenoxy) is 1. The van der Waals surface area contributed by atoms with Crippen molar-refractivity contribution >= 4 is 15.9 Å². The summed E-state index contributed by atoms with van der Waals surface area (Å²) in [6.45, 7) is 0.624. The third kappa shape index (κ3) is 3.24. The SMILES string of the molecule is CNCc1cnc(Oc2cc(Br)ccc2F)cn1. The Kier molecular flexibility index (Phi) is 4.22. The summed E-state index contributed by atoms with van der Waals surface area (Å²) in [4.78, 5) is 8.19. The molecule has 1 heterocycles. The highest BCUT2D eigenvalue weighted by atomic mass is 79.9. The fraction of sp³-hybridized carbons (Fsp3) is 0.167. The summed E-state index contributed by atoms with van der Waals surface area (Å²) in [5, 5.41) is 2.96. The molecular weight excluding hydrogens is 301 g/mol. The van der Waals surface area contributed by atoms with Gasteiger partial charge >= 0.3 is 0 Å². The lowest BCUT2D eigenvalue weighted by atomic mass is 10.3. The fourth-order valence-electron chi connectivity index (χ4n) is 1.34. The van der Waals surface area contributed by atoms with E-state index < -0.39 is 5.82 Å². The van der Waals surface area contributed by atoms with Crippen LogP contribution in [0.1, 0.15) is 5.69 Å². The molecule has 0 saturated heterocycles. The molecule has 2 rings (SSSR count). The predicted molar refractivity (Wildman–Crippen MR) is 69.0 cm³/mol. The molecular formula is C12H11BrFN3O. The summed E-state index contributed by atoms with van der Waals surface area (Å²) in [6.07, 6.45) is 3.05. The summed E-state index contributed by atoms with van der Waals surface area (Å²) < 4.78 is 19.5. The van der Waals surface area contributed by atoms with Crippen molar-refractivity contribution in [1.82, 2.24) is 15.3 Å². The van der Waals surface area contributed by atoms with Crippen LogP contribution in [0, 0.1) is 5.82 Å². The van der Waals surface area contributed by atoms with Gasteiger partial charge in [0.15, 0.2) is 11.6 Å². The highest BCUT2D eigenvalue weighted by molar-refractivity contribution is 9.10. The Morgan fingerprint density at radius 3 is 2.83 bits per heavy atom. The first-order chi connectivity index (χ1) is 8.69. The van der Waals surface area contributed by atoms with E-state index in [0.29, 0.717) is 6.54 Å². The molecule has 0 unspecified atom stereocenters. The van der Waals surface area contributed by atoms with Crippen LogP contribution in [-0.4, -0.2) is 17.0 Å². The molecule has 0 aliphatic heterocycles. The molecule has 1 aromatic heterocycles. The first-order valence-corrected chi connectivity index (χ1v) is 6.07. The fourth-order valence-corrected chi connectivity index (χ4v) is 1.68. The molecule has 0 saturated carbocycles. The van der Waals surface area contributed by atoms with Crippen molar-refractivity contribution in [3.8, 4) is 11.6 Å². The van der Waals surface area contributed by atoms with Gasteiger partial charge in [0.1, 0.15) is 0 Å². The summed E-state index contributed by atoms with van der Waals surface area (Å²) in [5.41, 5.74) is 0.791. The molecule has 0 aliphatic rings. The summed E-state index contributed by atoms with van der Waals surface area (Å²) in [5.74, 6) is -0.0776. The molecule has 2 aromatic rings. The van der Waals surface area contributed by atoms with Crippen molar-refractivity contribution in [2.45, 2.75) is 6.54 Å². The maximum absolute atomic E-state index is 13.5. The molecule has 0 fully saturated rings. The van der Waals surface area contributed by atoms with Crippen LogP contribution >= 0.6 is 15.9 Å². The van der Waals surface area contributed by atoms with E-state index in [9.17, 15) is 4.39 Å². The Labute approximate surface area is 112 Å².